The van der Waals surface area contributed by atoms with Gasteiger partial charge in [0.1, 0.15) is 4.83 Å². The predicted octanol–water partition coefficient (Wildman–Crippen LogP) is 0.309. The van der Waals surface area contributed by atoms with Crippen molar-refractivity contribution in [2.75, 3.05) is 0 Å². The summed E-state index contributed by atoms with van der Waals surface area (Å²) >= 11 is 2.66. The first kappa shape index (κ1) is 8.42. The number of alkyl halides is 1. The van der Waals surface area contributed by atoms with Crippen molar-refractivity contribution >= 4 is 27.9 Å². The molecule has 4 nitrogen and oxygen atoms in total. The number of hydrogen-bond donors (Lipinski definition) is 2. The Bertz CT molecular complexity index is 133. The first-order valence-corrected chi connectivity index (χ1v) is 3.04. The largest absolute Gasteiger partial charge is 0.481 e. The Labute approximate surface area is 59.6 Å². The fourth-order valence-corrected chi connectivity index (χ4v) is 0.518. The van der Waals surface area contributed by atoms with Crippen LogP contribution in [0.3, 0.4) is 0 Å². The van der Waals surface area contributed by atoms with Crippen molar-refractivity contribution in [2.45, 2.75) is 11.2 Å². The van der Waals surface area contributed by atoms with Crippen LogP contribution in [0.15, 0.2) is 0 Å². The fourth-order valence-electron chi connectivity index (χ4n) is 0.241. The van der Waals surface area contributed by atoms with E-state index in [1.54, 1.807) is 0 Å². The van der Waals surface area contributed by atoms with E-state index >= 15 is 0 Å². The molecule has 0 aromatic heterocycles. The minimum absolute atomic E-state index is 0.394. The molecule has 1 atom stereocenters. The van der Waals surface area contributed by atoms with E-state index < -0.39 is 23.2 Å². The van der Waals surface area contributed by atoms with Crippen LogP contribution in [0, 0.1) is 0 Å². The molecular weight excluding hydrogens is 192 g/mol. The van der Waals surface area contributed by atoms with Gasteiger partial charge in [-0.3, -0.25) is 9.59 Å². The fraction of sp³-hybridized carbons (Fsp3) is 0.500. The van der Waals surface area contributed by atoms with Gasteiger partial charge in [-0.15, -0.1) is 0 Å². The van der Waals surface area contributed by atoms with Gasteiger partial charge < -0.3 is 10.2 Å². The second-order valence-electron chi connectivity index (χ2n) is 1.40. The van der Waals surface area contributed by atoms with E-state index in [1.807, 2.05) is 0 Å². The van der Waals surface area contributed by atoms with Gasteiger partial charge in [0.25, 0.3) is 0 Å². The lowest BCUT2D eigenvalue weighted by atomic mass is 10.3. The number of carboxylic acids is 2. The van der Waals surface area contributed by atoms with Crippen molar-refractivity contribution < 1.29 is 19.8 Å². The summed E-state index contributed by atoms with van der Waals surface area (Å²) in [6.45, 7) is 0. The molecule has 0 amide bonds. The van der Waals surface area contributed by atoms with E-state index in [0.29, 0.717) is 0 Å². The van der Waals surface area contributed by atoms with E-state index in [4.69, 9.17) is 10.2 Å². The minimum atomic E-state index is -1.16. The highest BCUT2D eigenvalue weighted by Crippen LogP contribution is 2.03. The van der Waals surface area contributed by atoms with Crippen LogP contribution in [0.25, 0.3) is 0 Å². The Kier molecular flexibility index (Phi) is 3.22. The van der Waals surface area contributed by atoms with Gasteiger partial charge in [-0.2, -0.15) is 0 Å². The molecular formula is C4H5BrO4. The predicted molar refractivity (Wildman–Crippen MR) is 32.6 cm³/mol. The second-order valence-corrected chi connectivity index (χ2v) is 2.51. The van der Waals surface area contributed by atoms with Gasteiger partial charge in [-0.05, 0) is 0 Å². The van der Waals surface area contributed by atoms with Gasteiger partial charge in [0.15, 0.2) is 0 Å². The Hall–Kier alpha value is -0.580. The zero-order valence-corrected chi connectivity index (χ0v) is 5.96. The molecule has 1 unspecified atom stereocenters. The minimum Gasteiger partial charge on any atom is -0.481 e. The average Bonchev–Trinajstić information content (AvgIpc) is 1.63. The lowest BCUT2D eigenvalue weighted by molar-refractivity contribution is -0.142. The van der Waals surface area contributed by atoms with E-state index in [9.17, 15) is 9.59 Å². The average molecular weight is 197 g/mol. The number of hydrogen-bond acceptors (Lipinski definition) is 2. The summed E-state index contributed by atoms with van der Waals surface area (Å²) in [7, 11) is 0. The molecule has 0 heterocycles. The van der Waals surface area contributed by atoms with Crippen molar-refractivity contribution in [3.8, 4) is 0 Å². The highest BCUT2D eigenvalue weighted by molar-refractivity contribution is 9.10. The summed E-state index contributed by atoms with van der Waals surface area (Å²) in [4.78, 5) is 18.8. The third-order valence-corrected chi connectivity index (χ3v) is 1.34. The molecule has 9 heavy (non-hydrogen) atoms. The molecule has 0 bridgehead atoms. The van der Waals surface area contributed by atoms with E-state index in [1.165, 1.54) is 0 Å². The summed E-state index contributed by atoms with van der Waals surface area (Å²) in [6, 6.07) is 0. The molecule has 0 fully saturated rings. The Balaban J connectivity index is 3.63. The van der Waals surface area contributed by atoms with Crippen molar-refractivity contribution in [3.63, 3.8) is 0 Å². The van der Waals surface area contributed by atoms with Crippen LogP contribution in [-0.2, 0) is 9.59 Å². The highest BCUT2D eigenvalue weighted by atomic mass is 79.9. The Morgan fingerprint density at radius 2 is 1.89 bits per heavy atom. The maximum absolute atomic E-state index is 9.92. The smallest absolute Gasteiger partial charge is 0.317 e. The molecule has 52 valence electrons. The molecule has 0 saturated carbocycles. The van der Waals surface area contributed by atoms with Gasteiger partial charge in [-0.25, -0.2) is 0 Å². The molecule has 0 aliphatic carbocycles. The molecule has 5 heteroatoms. The van der Waals surface area contributed by atoms with E-state index in [0.717, 1.165) is 0 Å². The maximum atomic E-state index is 9.92. The third kappa shape index (κ3) is 3.96. The van der Waals surface area contributed by atoms with Crippen LogP contribution >= 0.6 is 15.9 Å². The quantitative estimate of drug-likeness (QED) is 0.638. The molecule has 0 aliphatic rings. The Morgan fingerprint density at radius 3 is 2.00 bits per heavy atom. The maximum Gasteiger partial charge on any atom is 0.317 e. The van der Waals surface area contributed by atoms with Gasteiger partial charge >= 0.3 is 11.9 Å². The zero-order chi connectivity index (χ0) is 7.44. The topological polar surface area (TPSA) is 74.6 Å². The van der Waals surface area contributed by atoms with Gasteiger partial charge in [0.2, 0.25) is 0 Å². The molecule has 0 aromatic carbocycles. The van der Waals surface area contributed by atoms with Crippen LogP contribution in [0.5, 0.6) is 0 Å². The monoisotopic (exact) mass is 196 g/mol. The number of carbonyl (C=O) groups is 2. The van der Waals surface area contributed by atoms with Crippen LogP contribution < -0.4 is 0 Å². The van der Waals surface area contributed by atoms with Gasteiger partial charge in [-0.1, -0.05) is 15.9 Å². The molecule has 0 radical (unpaired) electrons. The SMILES string of the molecule is O=C(O)CC(Br)C(=O)O. The lowest BCUT2D eigenvalue weighted by Gasteiger charge is -1.96. The van der Waals surface area contributed by atoms with Crippen molar-refractivity contribution in [3.05, 3.63) is 0 Å². The summed E-state index contributed by atoms with van der Waals surface area (Å²) in [6.07, 6.45) is -0.394. The molecule has 2 N–H and O–H groups in total. The lowest BCUT2D eigenvalue weighted by Crippen LogP contribution is -2.16. The number of halogens is 1. The van der Waals surface area contributed by atoms with Crippen LogP contribution in [-0.4, -0.2) is 27.0 Å². The number of aliphatic carboxylic acids is 2. The summed E-state index contributed by atoms with van der Waals surface area (Å²) in [5, 5.41) is 16.2. The zero-order valence-electron chi connectivity index (χ0n) is 4.37. The normalized spacial score (nSPS) is 12.6. The molecule has 0 aromatic rings. The molecule has 0 saturated heterocycles. The third-order valence-electron chi connectivity index (χ3n) is 0.622. The standard InChI is InChI=1S/C4H5BrO4/c5-2(4(8)9)1-3(6)7/h2H,1H2,(H,6,7)(H,8,9). The molecule has 0 spiro atoms. The molecule has 0 rings (SSSR count). The van der Waals surface area contributed by atoms with Gasteiger partial charge in [0, 0.05) is 0 Å². The van der Waals surface area contributed by atoms with E-state index in [2.05, 4.69) is 15.9 Å². The van der Waals surface area contributed by atoms with Crippen molar-refractivity contribution in [2.24, 2.45) is 0 Å². The van der Waals surface area contributed by atoms with Crippen LogP contribution in [0.2, 0.25) is 0 Å². The first-order chi connectivity index (χ1) is 4.04. The molecule has 0 aliphatic heterocycles. The summed E-state index contributed by atoms with van der Waals surface area (Å²) < 4.78 is 0. The van der Waals surface area contributed by atoms with Crippen LogP contribution in [0.1, 0.15) is 6.42 Å². The number of rotatable bonds is 3. The number of carboxylic acid groups (broad SMARTS) is 2. The summed E-state index contributed by atoms with van der Waals surface area (Å²) in [5.74, 6) is -2.28. The van der Waals surface area contributed by atoms with Crippen molar-refractivity contribution in [1.29, 1.82) is 0 Å². The first-order valence-electron chi connectivity index (χ1n) is 2.12. The van der Waals surface area contributed by atoms with Crippen LogP contribution in [0.4, 0.5) is 0 Å². The second kappa shape index (κ2) is 3.45. The highest BCUT2D eigenvalue weighted by Gasteiger charge is 2.15. The Morgan fingerprint density at radius 1 is 1.44 bits per heavy atom. The van der Waals surface area contributed by atoms with E-state index in [-0.39, 0.29) is 0 Å². The summed E-state index contributed by atoms with van der Waals surface area (Å²) in [5.41, 5.74) is 0. The van der Waals surface area contributed by atoms with Crippen molar-refractivity contribution in [1.82, 2.24) is 0 Å². The van der Waals surface area contributed by atoms with Gasteiger partial charge in [0.05, 0.1) is 6.42 Å².